The van der Waals surface area contributed by atoms with Crippen LogP contribution in [0.5, 0.6) is 11.5 Å². The summed E-state index contributed by atoms with van der Waals surface area (Å²) >= 11 is 1.96. The highest BCUT2D eigenvalue weighted by atomic mass is 32.2. The zero-order valence-corrected chi connectivity index (χ0v) is 23.2. The first-order chi connectivity index (χ1) is 17.6. The van der Waals surface area contributed by atoms with E-state index in [1.54, 1.807) is 14.2 Å². The normalized spacial score (nSPS) is 19.6. The number of benzene rings is 2. The Bertz CT molecular complexity index is 825. The molecule has 0 saturated carbocycles. The molecule has 4 nitrogen and oxygen atoms in total. The van der Waals surface area contributed by atoms with Gasteiger partial charge in [-0.15, -0.1) is 11.8 Å². The maximum absolute atomic E-state index is 12.7. The van der Waals surface area contributed by atoms with E-state index in [1.807, 2.05) is 36.0 Å². The second kappa shape index (κ2) is 15.9. The molecule has 36 heavy (non-hydrogen) atoms. The predicted molar refractivity (Wildman–Crippen MR) is 150 cm³/mol. The van der Waals surface area contributed by atoms with Crippen LogP contribution in [0.3, 0.4) is 0 Å². The molecule has 0 radical (unpaired) electrons. The van der Waals surface area contributed by atoms with Gasteiger partial charge in [0.05, 0.1) is 14.2 Å². The lowest BCUT2D eigenvalue weighted by Crippen LogP contribution is -2.26. The van der Waals surface area contributed by atoms with E-state index in [4.69, 9.17) is 14.2 Å². The largest absolute Gasteiger partial charge is 0.497 e. The molecule has 1 heterocycles. The number of esters is 1. The van der Waals surface area contributed by atoms with Gasteiger partial charge in [0, 0.05) is 29.8 Å². The molecule has 1 unspecified atom stereocenters. The summed E-state index contributed by atoms with van der Waals surface area (Å²) in [5, 5.41) is 0.532. The average Bonchev–Trinajstić information content (AvgIpc) is 2.92. The highest BCUT2D eigenvalue weighted by Gasteiger charge is 2.33. The van der Waals surface area contributed by atoms with Gasteiger partial charge in [-0.25, -0.2) is 0 Å². The zero-order chi connectivity index (χ0) is 25.6. The summed E-state index contributed by atoms with van der Waals surface area (Å²) in [6.07, 6.45) is 13.4. The fourth-order valence-electron chi connectivity index (χ4n) is 4.87. The first-order valence-electron chi connectivity index (χ1n) is 13.8. The molecule has 0 N–H and O–H groups in total. The molecule has 0 aromatic heterocycles. The van der Waals surface area contributed by atoms with Crippen LogP contribution in [0, 0.1) is 0 Å². The minimum absolute atomic E-state index is 0.0446. The van der Waals surface area contributed by atoms with E-state index in [0.717, 1.165) is 37.2 Å². The van der Waals surface area contributed by atoms with Crippen LogP contribution < -0.4 is 9.47 Å². The van der Waals surface area contributed by atoms with Gasteiger partial charge >= 0.3 is 5.97 Å². The van der Waals surface area contributed by atoms with Crippen LogP contribution in [-0.4, -0.2) is 26.3 Å². The molecule has 0 spiro atoms. The van der Waals surface area contributed by atoms with Crippen molar-refractivity contribution in [2.75, 3.05) is 14.2 Å². The number of hydrogen-bond acceptors (Lipinski definition) is 5. The minimum atomic E-state index is -0.0727. The van der Waals surface area contributed by atoms with Crippen molar-refractivity contribution < 1.29 is 19.0 Å². The van der Waals surface area contributed by atoms with Crippen LogP contribution in [0.15, 0.2) is 48.5 Å². The van der Waals surface area contributed by atoms with Crippen molar-refractivity contribution in [1.29, 1.82) is 0 Å². The topological polar surface area (TPSA) is 44.8 Å². The predicted octanol–water partition coefficient (Wildman–Crippen LogP) is 8.85. The number of carbonyl (C=O) groups excluding carboxylic acids is 1. The van der Waals surface area contributed by atoms with Crippen LogP contribution in [0.2, 0.25) is 0 Å². The van der Waals surface area contributed by atoms with E-state index in [-0.39, 0.29) is 22.6 Å². The Kier molecular flexibility index (Phi) is 12.5. The third kappa shape index (κ3) is 9.38. The molecule has 1 aliphatic rings. The average molecular weight is 513 g/mol. The summed E-state index contributed by atoms with van der Waals surface area (Å²) < 4.78 is 16.7. The molecule has 5 heteroatoms. The number of unbranched alkanes of at least 4 members (excludes halogenated alkanes) is 8. The van der Waals surface area contributed by atoms with Gasteiger partial charge in [-0.05, 0) is 41.8 Å². The molecule has 2 aromatic carbocycles. The van der Waals surface area contributed by atoms with Crippen molar-refractivity contribution in [3.63, 3.8) is 0 Å². The lowest BCUT2D eigenvalue weighted by atomic mass is 9.98. The van der Waals surface area contributed by atoms with Gasteiger partial charge in [-0.1, -0.05) is 82.6 Å². The Morgan fingerprint density at radius 2 is 1.17 bits per heavy atom. The lowest BCUT2D eigenvalue weighted by molar-refractivity contribution is -0.150. The standard InChI is InChI=1S/C31H44O4S/c1-4-5-6-7-8-9-10-11-12-13-31(32)35-28-22-29(24-14-18-26(33-2)19-15-24)36-30(23-28)25-16-20-27(34-3)21-17-25/h14-21,28-30H,4-13,22-23H2,1-3H3/t28?,29-,30+. The molecule has 1 aliphatic heterocycles. The lowest BCUT2D eigenvalue weighted by Gasteiger charge is -2.35. The van der Waals surface area contributed by atoms with Gasteiger partial charge in [-0.2, -0.15) is 0 Å². The van der Waals surface area contributed by atoms with Crippen LogP contribution in [-0.2, 0) is 9.53 Å². The van der Waals surface area contributed by atoms with E-state index in [2.05, 4.69) is 31.2 Å². The SMILES string of the molecule is CCCCCCCCCCCC(=O)OC1C[C@@H](c2ccc(OC)cc2)S[C@@H](c2ccc(OC)cc2)C1. The third-order valence-corrected chi connectivity index (χ3v) is 8.63. The quantitative estimate of drug-likeness (QED) is 0.176. The van der Waals surface area contributed by atoms with Crippen LogP contribution in [0.4, 0.5) is 0 Å². The maximum atomic E-state index is 12.7. The molecule has 2 aromatic rings. The minimum Gasteiger partial charge on any atom is -0.497 e. The second-order valence-corrected chi connectivity index (χ2v) is 11.2. The first-order valence-corrected chi connectivity index (χ1v) is 14.7. The summed E-state index contributed by atoms with van der Waals surface area (Å²) in [6.45, 7) is 2.25. The highest BCUT2D eigenvalue weighted by Crippen LogP contribution is 2.51. The van der Waals surface area contributed by atoms with Crippen molar-refractivity contribution in [3.8, 4) is 11.5 Å². The van der Waals surface area contributed by atoms with Crippen LogP contribution in [0.25, 0.3) is 0 Å². The van der Waals surface area contributed by atoms with Crippen molar-refractivity contribution in [2.24, 2.45) is 0 Å². The third-order valence-electron chi connectivity index (χ3n) is 7.04. The van der Waals surface area contributed by atoms with Crippen molar-refractivity contribution >= 4 is 17.7 Å². The van der Waals surface area contributed by atoms with Gasteiger partial charge in [0.25, 0.3) is 0 Å². The number of hydrogen-bond donors (Lipinski definition) is 0. The van der Waals surface area contributed by atoms with Gasteiger partial charge in [-0.3, -0.25) is 4.79 Å². The molecule has 1 fully saturated rings. The van der Waals surface area contributed by atoms with E-state index in [9.17, 15) is 4.79 Å². The molecule has 3 atom stereocenters. The molecule has 3 rings (SSSR count). The Morgan fingerprint density at radius 3 is 1.61 bits per heavy atom. The van der Waals surface area contributed by atoms with Crippen LogP contribution in [0.1, 0.15) is 106 Å². The fraction of sp³-hybridized carbons (Fsp3) is 0.581. The first kappa shape index (κ1) is 28.4. The van der Waals surface area contributed by atoms with Gasteiger partial charge in [0.15, 0.2) is 0 Å². The Morgan fingerprint density at radius 1 is 0.722 bits per heavy atom. The molecule has 198 valence electrons. The molecule has 1 saturated heterocycles. The molecular weight excluding hydrogens is 468 g/mol. The van der Waals surface area contributed by atoms with Gasteiger partial charge in [0.2, 0.25) is 0 Å². The highest BCUT2D eigenvalue weighted by molar-refractivity contribution is 7.99. The monoisotopic (exact) mass is 512 g/mol. The summed E-state index contributed by atoms with van der Waals surface area (Å²) in [7, 11) is 3.38. The molecule has 0 aliphatic carbocycles. The fourth-order valence-corrected chi connectivity index (χ4v) is 6.55. The van der Waals surface area contributed by atoms with E-state index < -0.39 is 0 Å². The van der Waals surface area contributed by atoms with E-state index in [0.29, 0.717) is 6.42 Å². The zero-order valence-electron chi connectivity index (χ0n) is 22.4. The van der Waals surface area contributed by atoms with Crippen molar-refractivity contribution in [2.45, 2.75) is 101 Å². The van der Waals surface area contributed by atoms with E-state index in [1.165, 1.54) is 56.1 Å². The van der Waals surface area contributed by atoms with Crippen LogP contribution >= 0.6 is 11.8 Å². The number of rotatable bonds is 15. The van der Waals surface area contributed by atoms with Crippen molar-refractivity contribution in [1.82, 2.24) is 0 Å². The number of ether oxygens (including phenoxy) is 3. The van der Waals surface area contributed by atoms with Crippen molar-refractivity contribution in [3.05, 3.63) is 59.7 Å². The van der Waals surface area contributed by atoms with E-state index >= 15 is 0 Å². The summed E-state index contributed by atoms with van der Waals surface area (Å²) in [6, 6.07) is 16.6. The molecular formula is C31H44O4S. The Balaban J connectivity index is 1.53. The summed E-state index contributed by atoms with van der Waals surface area (Å²) in [5.74, 6) is 1.67. The van der Waals surface area contributed by atoms with Gasteiger partial charge < -0.3 is 14.2 Å². The molecule has 0 bridgehead atoms. The number of methoxy groups -OCH3 is 2. The second-order valence-electron chi connectivity index (χ2n) is 9.82. The smallest absolute Gasteiger partial charge is 0.306 e. The molecule has 0 amide bonds. The maximum Gasteiger partial charge on any atom is 0.306 e. The summed E-state index contributed by atoms with van der Waals surface area (Å²) in [4.78, 5) is 12.7. The Hall–Kier alpha value is -2.14. The Labute approximate surface area is 222 Å². The summed E-state index contributed by atoms with van der Waals surface area (Å²) in [5.41, 5.74) is 2.50. The van der Waals surface area contributed by atoms with Gasteiger partial charge in [0.1, 0.15) is 17.6 Å². The number of carbonyl (C=O) groups is 1. The number of thioether (sulfide) groups is 1.